The Kier molecular flexibility index (Phi) is 4.58. The summed E-state index contributed by atoms with van der Waals surface area (Å²) in [4.78, 5) is 0. The quantitative estimate of drug-likeness (QED) is 0.840. The van der Waals surface area contributed by atoms with Crippen LogP contribution >= 0.6 is 11.6 Å². The molecule has 0 amide bonds. The average molecular weight is 228 g/mol. The van der Waals surface area contributed by atoms with Gasteiger partial charge < -0.3 is 10.5 Å². The lowest BCUT2D eigenvalue weighted by atomic mass is 9.95. The van der Waals surface area contributed by atoms with Crippen molar-refractivity contribution in [3.8, 4) is 0 Å². The summed E-state index contributed by atoms with van der Waals surface area (Å²) in [5.41, 5.74) is 6.93. The van der Waals surface area contributed by atoms with Crippen LogP contribution in [-0.2, 0) is 11.2 Å². The zero-order valence-corrected chi connectivity index (χ0v) is 10.1. The van der Waals surface area contributed by atoms with Crippen LogP contribution < -0.4 is 5.73 Å². The summed E-state index contributed by atoms with van der Waals surface area (Å²) in [7, 11) is 0. The molecule has 1 rings (SSSR count). The van der Waals surface area contributed by atoms with Crippen LogP contribution in [0.3, 0.4) is 0 Å². The molecule has 0 aromatic heterocycles. The largest absolute Gasteiger partial charge is 0.380 e. The second-order valence-electron chi connectivity index (χ2n) is 4.10. The molecular weight excluding hydrogens is 210 g/mol. The SMILES string of the molecule is CCOCC(C)(N)Cc1cccc(Cl)c1. The molecule has 2 N–H and O–H groups in total. The summed E-state index contributed by atoms with van der Waals surface area (Å²) >= 11 is 5.91. The molecule has 0 saturated heterocycles. The van der Waals surface area contributed by atoms with Crippen molar-refractivity contribution in [3.63, 3.8) is 0 Å². The molecule has 0 spiro atoms. The van der Waals surface area contributed by atoms with Gasteiger partial charge in [0.05, 0.1) is 6.61 Å². The second-order valence-corrected chi connectivity index (χ2v) is 4.53. The maximum Gasteiger partial charge on any atom is 0.0646 e. The highest BCUT2D eigenvalue weighted by Crippen LogP contribution is 2.15. The molecule has 0 aliphatic heterocycles. The molecule has 1 unspecified atom stereocenters. The first-order valence-electron chi connectivity index (χ1n) is 5.14. The average Bonchev–Trinajstić information content (AvgIpc) is 2.14. The number of hydrogen-bond donors (Lipinski definition) is 1. The van der Waals surface area contributed by atoms with Crippen molar-refractivity contribution in [2.24, 2.45) is 5.73 Å². The maximum absolute atomic E-state index is 6.12. The predicted molar refractivity (Wildman–Crippen MR) is 64.2 cm³/mol. The molecule has 0 saturated carbocycles. The standard InChI is InChI=1S/C12H18ClNO/c1-3-15-9-12(2,14)8-10-5-4-6-11(13)7-10/h4-7H,3,8-9,14H2,1-2H3. The topological polar surface area (TPSA) is 35.2 Å². The molecule has 0 aliphatic rings. The third-order valence-corrected chi connectivity index (χ3v) is 2.37. The van der Waals surface area contributed by atoms with Gasteiger partial charge >= 0.3 is 0 Å². The highest BCUT2D eigenvalue weighted by Gasteiger charge is 2.19. The first kappa shape index (κ1) is 12.5. The lowest BCUT2D eigenvalue weighted by Gasteiger charge is -2.24. The van der Waals surface area contributed by atoms with Gasteiger partial charge in [0.25, 0.3) is 0 Å². The molecule has 3 heteroatoms. The molecule has 0 bridgehead atoms. The molecule has 1 atom stereocenters. The number of benzene rings is 1. The highest BCUT2D eigenvalue weighted by atomic mass is 35.5. The van der Waals surface area contributed by atoms with Gasteiger partial charge in [-0.25, -0.2) is 0 Å². The molecule has 0 aliphatic carbocycles. The normalized spacial score (nSPS) is 14.9. The minimum atomic E-state index is -0.333. The van der Waals surface area contributed by atoms with E-state index in [0.717, 1.165) is 17.0 Å². The maximum atomic E-state index is 6.12. The van der Waals surface area contributed by atoms with Gasteiger partial charge in [0.1, 0.15) is 0 Å². The summed E-state index contributed by atoms with van der Waals surface area (Å²) in [5, 5.41) is 0.750. The highest BCUT2D eigenvalue weighted by molar-refractivity contribution is 6.30. The Balaban J connectivity index is 2.60. The first-order chi connectivity index (χ1) is 7.03. The van der Waals surface area contributed by atoms with E-state index in [2.05, 4.69) is 0 Å². The Morgan fingerprint density at radius 3 is 2.80 bits per heavy atom. The van der Waals surface area contributed by atoms with Crippen molar-refractivity contribution >= 4 is 11.6 Å². The number of nitrogens with two attached hydrogens (primary N) is 1. The summed E-state index contributed by atoms with van der Waals surface area (Å²) in [6.45, 7) is 5.22. The third-order valence-electron chi connectivity index (χ3n) is 2.13. The number of ether oxygens (including phenoxy) is 1. The lowest BCUT2D eigenvalue weighted by molar-refractivity contribution is 0.101. The number of rotatable bonds is 5. The zero-order valence-electron chi connectivity index (χ0n) is 9.29. The number of halogens is 1. The predicted octanol–water partition coefficient (Wildman–Crippen LogP) is 2.64. The molecule has 0 fully saturated rings. The van der Waals surface area contributed by atoms with Gasteiger partial charge in [0.2, 0.25) is 0 Å². The van der Waals surface area contributed by atoms with Crippen LogP contribution in [-0.4, -0.2) is 18.8 Å². The van der Waals surface area contributed by atoms with E-state index in [1.807, 2.05) is 38.1 Å². The summed E-state index contributed by atoms with van der Waals surface area (Å²) in [6.07, 6.45) is 0.771. The van der Waals surface area contributed by atoms with Crippen LogP contribution in [0.15, 0.2) is 24.3 Å². The van der Waals surface area contributed by atoms with Crippen LogP contribution in [0.25, 0.3) is 0 Å². The van der Waals surface area contributed by atoms with Gasteiger partial charge in [-0.05, 0) is 38.0 Å². The molecule has 15 heavy (non-hydrogen) atoms. The minimum absolute atomic E-state index is 0.333. The van der Waals surface area contributed by atoms with Crippen LogP contribution in [0.1, 0.15) is 19.4 Å². The Morgan fingerprint density at radius 2 is 2.20 bits per heavy atom. The number of hydrogen-bond acceptors (Lipinski definition) is 2. The van der Waals surface area contributed by atoms with Crippen molar-refractivity contribution < 1.29 is 4.74 Å². The van der Waals surface area contributed by atoms with Crippen molar-refractivity contribution in [1.29, 1.82) is 0 Å². The summed E-state index contributed by atoms with van der Waals surface area (Å²) in [6, 6.07) is 7.78. The minimum Gasteiger partial charge on any atom is -0.380 e. The van der Waals surface area contributed by atoms with E-state index in [4.69, 9.17) is 22.1 Å². The smallest absolute Gasteiger partial charge is 0.0646 e. The van der Waals surface area contributed by atoms with E-state index >= 15 is 0 Å². The summed E-state index contributed by atoms with van der Waals surface area (Å²) < 4.78 is 5.34. The van der Waals surface area contributed by atoms with Gasteiger partial charge in [0, 0.05) is 17.2 Å². The van der Waals surface area contributed by atoms with Gasteiger partial charge in [-0.2, -0.15) is 0 Å². The van der Waals surface area contributed by atoms with Crippen molar-refractivity contribution in [3.05, 3.63) is 34.9 Å². The fourth-order valence-corrected chi connectivity index (χ4v) is 1.71. The molecular formula is C12H18ClNO. The second kappa shape index (κ2) is 5.50. The van der Waals surface area contributed by atoms with Crippen LogP contribution in [0, 0.1) is 0 Å². The molecule has 2 nitrogen and oxygen atoms in total. The van der Waals surface area contributed by atoms with E-state index in [0.29, 0.717) is 13.2 Å². The van der Waals surface area contributed by atoms with E-state index in [1.165, 1.54) is 0 Å². The van der Waals surface area contributed by atoms with Gasteiger partial charge in [-0.15, -0.1) is 0 Å². The van der Waals surface area contributed by atoms with Gasteiger partial charge in [-0.1, -0.05) is 23.7 Å². The Labute approximate surface area is 96.4 Å². The van der Waals surface area contributed by atoms with Crippen molar-refractivity contribution in [2.75, 3.05) is 13.2 Å². The molecule has 0 heterocycles. The van der Waals surface area contributed by atoms with E-state index in [9.17, 15) is 0 Å². The fourth-order valence-electron chi connectivity index (χ4n) is 1.50. The molecule has 0 radical (unpaired) electrons. The first-order valence-corrected chi connectivity index (χ1v) is 5.52. The van der Waals surface area contributed by atoms with Crippen LogP contribution in [0.5, 0.6) is 0 Å². The Morgan fingerprint density at radius 1 is 1.47 bits per heavy atom. The van der Waals surface area contributed by atoms with Gasteiger partial charge in [-0.3, -0.25) is 0 Å². The van der Waals surface area contributed by atoms with Crippen LogP contribution in [0.4, 0.5) is 0 Å². The zero-order chi connectivity index (χ0) is 11.3. The molecule has 84 valence electrons. The third kappa shape index (κ3) is 4.65. The lowest BCUT2D eigenvalue weighted by Crippen LogP contribution is -2.43. The Hall–Kier alpha value is -0.570. The van der Waals surface area contributed by atoms with Crippen LogP contribution in [0.2, 0.25) is 5.02 Å². The molecule has 1 aromatic carbocycles. The molecule has 1 aromatic rings. The monoisotopic (exact) mass is 227 g/mol. The van der Waals surface area contributed by atoms with Crippen molar-refractivity contribution in [1.82, 2.24) is 0 Å². The van der Waals surface area contributed by atoms with E-state index in [1.54, 1.807) is 0 Å². The van der Waals surface area contributed by atoms with E-state index < -0.39 is 0 Å². The Bertz CT molecular complexity index is 312. The van der Waals surface area contributed by atoms with Gasteiger partial charge in [0.15, 0.2) is 0 Å². The summed E-state index contributed by atoms with van der Waals surface area (Å²) in [5.74, 6) is 0. The fraction of sp³-hybridized carbons (Fsp3) is 0.500. The van der Waals surface area contributed by atoms with Crippen molar-refractivity contribution in [2.45, 2.75) is 25.8 Å². The van der Waals surface area contributed by atoms with E-state index in [-0.39, 0.29) is 5.54 Å².